The SMILES string of the molecule is Nc1nc(-c2cccs2)nn1C(=O)c1cccs1. The summed E-state index contributed by atoms with van der Waals surface area (Å²) in [5, 5.41) is 7.91. The minimum atomic E-state index is -0.252. The summed E-state index contributed by atoms with van der Waals surface area (Å²) in [5.74, 6) is 0.335. The molecule has 0 aliphatic rings. The van der Waals surface area contributed by atoms with Crippen molar-refractivity contribution in [3.63, 3.8) is 0 Å². The van der Waals surface area contributed by atoms with Crippen molar-refractivity contribution in [2.45, 2.75) is 0 Å². The van der Waals surface area contributed by atoms with Gasteiger partial charge in [0.1, 0.15) is 0 Å². The van der Waals surface area contributed by atoms with Crippen molar-refractivity contribution in [1.29, 1.82) is 0 Å². The van der Waals surface area contributed by atoms with Crippen molar-refractivity contribution in [2.24, 2.45) is 0 Å². The highest BCUT2D eigenvalue weighted by molar-refractivity contribution is 7.13. The van der Waals surface area contributed by atoms with Crippen LogP contribution < -0.4 is 5.73 Å². The van der Waals surface area contributed by atoms with Crippen molar-refractivity contribution in [1.82, 2.24) is 14.8 Å². The van der Waals surface area contributed by atoms with Crippen molar-refractivity contribution in [3.05, 3.63) is 39.9 Å². The van der Waals surface area contributed by atoms with E-state index >= 15 is 0 Å². The quantitative estimate of drug-likeness (QED) is 0.779. The molecule has 5 nitrogen and oxygen atoms in total. The van der Waals surface area contributed by atoms with E-state index in [1.165, 1.54) is 22.7 Å². The van der Waals surface area contributed by atoms with Gasteiger partial charge in [0, 0.05) is 0 Å². The van der Waals surface area contributed by atoms with Crippen molar-refractivity contribution >= 4 is 34.5 Å². The van der Waals surface area contributed by atoms with Crippen LogP contribution in [0.2, 0.25) is 0 Å². The molecule has 3 rings (SSSR count). The third kappa shape index (κ3) is 1.83. The normalized spacial score (nSPS) is 10.7. The van der Waals surface area contributed by atoms with Crippen LogP contribution in [0.4, 0.5) is 5.95 Å². The summed E-state index contributed by atoms with van der Waals surface area (Å²) in [6.45, 7) is 0. The maximum absolute atomic E-state index is 12.1. The van der Waals surface area contributed by atoms with Crippen LogP contribution in [0.3, 0.4) is 0 Å². The first-order chi connectivity index (χ1) is 8.75. The van der Waals surface area contributed by atoms with Crippen LogP contribution in [0.5, 0.6) is 0 Å². The Morgan fingerprint density at radius 1 is 1.22 bits per heavy atom. The molecule has 0 saturated carbocycles. The number of thiophene rings is 2. The molecular weight excluding hydrogens is 268 g/mol. The van der Waals surface area contributed by atoms with E-state index in [1.54, 1.807) is 6.07 Å². The maximum atomic E-state index is 12.1. The zero-order valence-electron chi connectivity index (χ0n) is 9.11. The smallest absolute Gasteiger partial charge is 0.291 e. The number of rotatable bonds is 2. The average molecular weight is 276 g/mol. The third-order valence-corrected chi connectivity index (χ3v) is 4.02. The van der Waals surface area contributed by atoms with Gasteiger partial charge in [-0.05, 0) is 22.9 Å². The lowest BCUT2D eigenvalue weighted by atomic mass is 10.4. The van der Waals surface area contributed by atoms with E-state index < -0.39 is 0 Å². The number of hydrogen-bond acceptors (Lipinski definition) is 6. The third-order valence-electron chi connectivity index (χ3n) is 2.30. The van der Waals surface area contributed by atoms with Gasteiger partial charge in [-0.1, -0.05) is 12.1 Å². The molecule has 0 atom stereocenters. The predicted octanol–water partition coefficient (Wildman–Crippen LogP) is 2.34. The number of carbonyl (C=O) groups is 1. The summed E-state index contributed by atoms with van der Waals surface area (Å²) in [6.07, 6.45) is 0. The highest BCUT2D eigenvalue weighted by Gasteiger charge is 2.17. The number of nitrogen functional groups attached to an aromatic ring is 1. The van der Waals surface area contributed by atoms with Gasteiger partial charge in [-0.2, -0.15) is 9.67 Å². The lowest BCUT2D eigenvalue weighted by Gasteiger charge is -1.97. The maximum Gasteiger partial charge on any atom is 0.291 e. The Hall–Kier alpha value is -1.99. The van der Waals surface area contributed by atoms with Crippen molar-refractivity contribution in [3.8, 4) is 10.7 Å². The number of anilines is 1. The summed E-state index contributed by atoms with van der Waals surface area (Å²) in [7, 11) is 0. The molecule has 3 aromatic rings. The molecule has 0 saturated heterocycles. The summed E-state index contributed by atoms with van der Waals surface area (Å²) >= 11 is 2.85. The number of hydrogen-bond donors (Lipinski definition) is 1. The van der Waals surface area contributed by atoms with Crippen LogP contribution >= 0.6 is 22.7 Å². The topological polar surface area (TPSA) is 73.8 Å². The van der Waals surface area contributed by atoms with Gasteiger partial charge < -0.3 is 5.73 Å². The van der Waals surface area contributed by atoms with E-state index in [4.69, 9.17) is 5.73 Å². The van der Waals surface area contributed by atoms with Gasteiger partial charge in [-0.3, -0.25) is 4.79 Å². The second-order valence-corrected chi connectivity index (χ2v) is 5.36. The summed E-state index contributed by atoms with van der Waals surface area (Å²) in [5.41, 5.74) is 5.73. The van der Waals surface area contributed by atoms with Gasteiger partial charge in [0.15, 0.2) is 5.82 Å². The highest BCUT2D eigenvalue weighted by atomic mass is 32.1. The molecule has 0 aliphatic carbocycles. The number of nitrogens with zero attached hydrogens (tertiary/aromatic N) is 3. The van der Waals surface area contributed by atoms with Crippen LogP contribution in [0.25, 0.3) is 10.7 Å². The van der Waals surface area contributed by atoms with Crippen LogP contribution in [-0.4, -0.2) is 20.7 Å². The molecule has 0 aliphatic heterocycles. The van der Waals surface area contributed by atoms with Gasteiger partial charge >= 0.3 is 0 Å². The molecule has 0 fully saturated rings. The van der Waals surface area contributed by atoms with E-state index in [2.05, 4.69) is 10.1 Å². The molecular formula is C11H8N4OS2. The van der Waals surface area contributed by atoms with Gasteiger partial charge in [0.25, 0.3) is 5.91 Å². The second-order valence-electron chi connectivity index (χ2n) is 3.47. The first-order valence-corrected chi connectivity index (χ1v) is 6.86. The fourth-order valence-corrected chi connectivity index (χ4v) is 2.79. The molecule has 0 unspecified atom stereocenters. The van der Waals surface area contributed by atoms with E-state index in [1.807, 2.05) is 29.0 Å². The molecule has 0 spiro atoms. The summed E-state index contributed by atoms with van der Waals surface area (Å²) < 4.78 is 1.14. The lowest BCUT2D eigenvalue weighted by molar-refractivity contribution is 0.0952. The molecule has 0 aromatic carbocycles. The predicted molar refractivity (Wildman–Crippen MR) is 71.8 cm³/mol. The van der Waals surface area contributed by atoms with Crippen LogP contribution in [-0.2, 0) is 0 Å². The largest absolute Gasteiger partial charge is 0.368 e. The van der Waals surface area contributed by atoms with E-state index in [0.29, 0.717) is 10.7 Å². The molecule has 7 heteroatoms. The van der Waals surface area contributed by atoms with Crippen molar-refractivity contribution < 1.29 is 4.79 Å². The number of aromatic nitrogens is 3. The zero-order valence-corrected chi connectivity index (χ0v) is 10.7. The van der Waals surface area contributed by atoms with E-state index in [-0.39, 0.29) is 11.9 Å². The monoisotopic (exact) mass is 276 g/mol. The summed E-state index contributed by atoms with van der Waals surface area (Å²) in [6, 6.07) is 7.33. The van der Waals surface area contributed by atoms with Crippen LogP contribution in [0.1, 0.15) is 9.67 Å². The molecule has 0 bridgehead atoms. The van der Waals surface area contributed by atoms with Crippen LogP contribution in [0, 0.1) is 0 Å². The Morgan fingerprint density at radius 2 is 2.00 bits per heavy atom. The Morgan fingerprint density at radius 3 is 2.67 bits per heavy atom. The Bertz CT molecular complexity index is 670. The van der Waals surface area contributed by atoms with Gasteiger partial charge in [0.2, 0.25) is 5.95 Å². The fraction of sp³-hybridized carbons (Fsp3) is 0. The first-order valence-electron chi connectivity index (χ1n) is 5.10. The lowest BCUT2D eigenvalue weighted by Crippen LogP contribution is -2.15. The summed E-state index contributed by atoms with van der Waals surface area (Å²) in [4.78, 5) is 17.7. The van der Waals surface area contributed by atoms with E-state index in [9.17, 15) is 4.79 Å². The minimum absolute atomic E-state index is 0.108. The Kier molecular flexibility index (Phi) is 2.69. The van der Waals surface area contributed by atoms with Gasteiger partial charge in [0.05, 0.1) is 9.75 Å². The molecule has 90 valence electrons. The highest BCUT2D eigenvalue weighted by Crippen LogP contribution is 2.22. The molecule has 18 heavy (non-hydrogen) atoms. The molecule has 2 N–H and O–H groups in total. The Balaban J connectivity index is 2.01. The standard InChI is InChI=1S/C11H8N4OS2/c12-11-13-9(7-3-1-5-17-7)14-15(11)10(16)8-4-2-6-18-8/h1-6H,(H2,12,13,14). The van der Waals surface area contributed by atoms with Gasteiger partial charge in [-0.25, -0.2) is 0 Å². The molecule has 3 aromatic heterocycles. The second kappa shape index (κ2) is 4.35. The fourth-order valence-electron chi connectivity index (χ4n) is 1.49. The Labute approximate surface area is 111 Å². The van der Waals surface area contributed by atoms with Crippen molar-refractivity contribution in [2.75, 3.05) is 5.73 Å². The molecule has 3 heterocycles. The first kappa shape index (κ1) is 11.1. The minimum Gasteiger partial charge on any atom is -0.368 e. The van der Waals surface area contributed by atoms with Gasteiger partial charge in [-0.15, -0.1) is 27.8 Å². The average Bonchev–Trinajstić information content (AvgIpc) is 3.10. The molecule has 0 amide bonds. The van der Waals surface area contributed by atoms with E-state index in [0.717, 1.165) is 9.56 Å². The van der Waals surface area contributed by atoms with Crippen LogP contribution in [0.15, 0.2) is 35.0 Å². The zero-order chi connectivity index (χ0) is 12.5. The number of nitrogens with two attached hydrogens (primary N) is 1. The molecule has 0 radical (unpaired) electrons. The number of carbonyl (C=O) groups excluding carboxylic acids is 1.